The van der Waals surface area contributed by atoms with E-state index < -0.39 is 13.9 Å². The zero-order chi connectivity index (χ0) is 16.5. The molecule has 2 rings (SSSR count). The second-order valence-electron chi connectivity index (χ2n) is 5.05. The summed E-state index contributed by atoms with van der Waals surface area (Å²) in [6.07, 6.45) is 0.763. The summed E-state index contributed by atoms with van der Waals surface area (Å²) >= 11 is 0. The fourth-order valence-corrected chi connectivity index (χ4v) is 2.40. The first-order valence-electron chi connectivity index (χ1n) is 6.56. The molecule has 0 aromatic carbocycles. The lowest BCUT2D eigenvalue weighted by atomic mass is 10.3. The quantitative estimate of drug-likeness (QED) is 0.491. The predicted molar refractivity (Wildman–Crippen MR) is 79.4 cm³/mol. The minimum absolute atomic E-state index is 0.0470. The van der Waals surface area contributed by atoms with Gasteiger partial charge in [-0.1, -0.05) is 0 Å². The van der Waals surface area contributed by atoms with E-state index in [0.717, 1.165) is 0 Å². The summed E-state index contributed by atoms with van der Waals surface area (Å²) in [6.45, 7) is 3.93. The van der Waals surface area contributed by atoms with Crippen molar-refractivity contribution in [3.8, 4) is 0 Å². The fraction of sp³-hybridized carbons (Fsp3) is 0.545. The maximum atomic E-state index is 12.3. The number of nitrogen functional groups attached to an aromatic ring is 1. The maximum absolute atomic E-state index is 12.3. The largest absolute Gasteiger partial charge is 0.369 e. The van der Waals surface area contributed by atoms with Crippen LogP contribution in [0.5, 0.6) is 0 Å². The number of hydrogen-bond acceptors (Lipinski definition) is 6. The number of nitrogens with zero attached hydrogens (tertiary/aromatic N) is 4. The van der Waals surface area contributed by atoms with E-state index in [2.05, 4.69) is 9.97 Å². The Morgan fingerprint density at radius 2 is 2.14 bits per heavy atom. The molecule has 0 fully saturated rings. The van der Waals surface area contributed by atoms with E-state index in [1.165, 1.54) is 10.9 Å². The molecular weight excluding hydrogens is 313 g/mol. The minimum atomic E-state index is -4.19. The summed E-state index contributed by atoms with van der Waals surface area (Å²) in [5.41, 5.74) is 5.99. The van der Waals surface area contributed by atoms with E-state index in [9.17, 15) is 9.36 Å². The SMILES string of the molecule is CC(C)n1c(N)nc2c(ncn2CCOCP(=O)(O)O)c1=O. The molecular formula is C11H18N5O5P. The van der Waals surface area contributed by atoms with Gasteiger partial charge in [-0.3, -0.25) is 13.9 Å². The number of rotatable bonds is 6. The number of imidazole rings is 1. The van der Waals surface area contributed by atoms with Crippen LogP contribution in [-0.4, -0.2) is 41.8 Å². The normalized spacial score (nSPS) is 12.4. The smallest absolute Gasteiger partial charge is 0.350 e. The molecule has 0 radical (unpaired) electrons. The molecule has 0 aliphatic rings. The number of nitrogens with two attached hydrogens (primary N) is 1. The van der Waals surface area contributed by atoms with Gasteiger partial charge in [-0.25, -0.2) is 4.98 Å². The molecule has 2 aromatic heterocycles. The van der Waals surface area contributed by atoms with Gasteiger partial charge in [0.1, 0.15) is 6.35 Å². The third kappa shape index (κ3) is 3.53. The van der Waals surface area contributed by atoms with Gasteiger partial charge in [0.05, 0.1) is 12.9 Å². The van der Waals surface area contributed by atoms with Gasteiger partial charge in [0.2, 0.25) is 5.95 Å². The zero-order valence-corrected chi connectivity index (χ0v) is 13.1. The molecule has 0 bridgehead atoms. The summed E-state index contributed by atoms with van der Waals surface area (Å²) < 4.78 is 18.5. The highest BCUT2D eigenvalue weighted by Gasteiger charge is 2.16. The van der Waals surface area contributed by atoms with E-state index in [1.54, 1.807) is 4.57 Å². The van der Waals surface area contributed by atoms with Gasteiger partial charge in [-0.2, -0.15) is 4.98 Å². The molecule has 2 heterocycles. The highest BCUT2D eigenvalue weighted by atomic mass is 31.2. The standard InChI is InChI=1S/C11H18N5O5P/c1-7(2)16-10(17)8-9(14-11(16)12)15(5-13-8)3-4-21-6-22(18,19)20/h5,7H,3-4,6H2,1-2H3,(H2,12,14)(H2,18,19,20). The molecule has 11 heteroatoms. The number of hydrogen-bond donors (Lipinski definition) is 3. The average molecular weight is 331 g/mol. The Morgan fingerprint density at radius 1 is 1.45 bits per heavy atom. The molecule has 122 valence electrons. The Balaban J connectivity index is 2.23. The predicted octanol–water partition coefficient (Wildman–Crippen LogP) is -0.0921. The van der Waals surface area contributed by atoms with Gasteiger partial charge in [-0.15, -0.1) is 0 Å². The third-order valence-electron chi connectivity index (χ3n) is 2.95. The van der Waals surface area contributed by atoms with Gasteiger partial charge in [0.25, 0.3) is 5.56 Å². The monoisotopic (exact) mass is 331 g/mol. The van der Waals surface area contributed by atoms with Crippen LogP contribution in [0.25, 0.3) is 11.2 Å². The third-order valence-corrected chi connectivity index (χ3v) is 3.47. The molecule has 0 aliphatic carbocycles. The molecule has 0 unspecified atom stereocenters. The van der Waals surface area contributed by atoms with E-state index in [-0.39, 0.29) is 36.2 Å². The second-order valence-corrected chi connectivity index (χ2v) is 6.64. The van der Waals surface area contributed by atoms with Gasteiger partial charge in [0.15, 0.2) is 11.2 Å². The van der Waals surface area contributed by atoms with Crippen molar-refractivity contribution in [1.82, 2.24) is 19.1 Å². The molecule has 22 heavy (non-hydrogen) atoms. The lowest BCUT2D eigenvalue weighted by Gasteiger charge is -2.12. The van der Waals surface area contributed by atoms with Crippen molar-refractivity contribution >= 4 is 24.7 Å². The Labute approximate surface area is 125 Å². The van der Waals surface area contributed by atoms with Gasteiger partial charge < -0.3 is 24.8 Å². The number of anilines is 1. The number of fused-ring (bicyclic) bond motifs is 1. The summed E-state index contributed by atoms with van der Waals surface area (Å²) in [5.74, 6) is 0.0883. The van der Waals surface area contributed by atoms with Crippen LogP contribution in [0.3, 0.4) is 0 Å². The topological polar surface area (TPSA) is 145 Å². The average Bonchev–Trinajstić information content (AvgIpc) is 2.76. The molecule has 2 aromatic rings. The van der Waals surface area contributed by atoms with Crippen molar-refractivity contribution in [2.45, 2.75) is 26.4 Å². The second kappa shape index (κ2) is 6.17. The fourth-order valence-electron chi connectivity index (χ4n) is 2.03. The summed E-state index contributed by atoms with van der Waals surface area (Å²) in [4.78, 5) is 37.9. The molecule has 10 nitrogen and oxygen atoms in total. The van der Waals surface area contributed by atoms with Crippen LogP contribution in [-0.2, 0) is 15.8 Å². The van der Waals surface area contributed by atoms with Crippen LogP contribution < -0.4 is 11.3 Å². The lowest BCUT2D eigenvalue weighted by molar-refractivity contribution is 0.149. The Bertz CT molecular complexity index is 777. The lowest BCUT2D eigenvalue weighted by Crippen LogP contribution is -2.26. The van der Waals surface area contributed by atoms with E-state index >= 15 is 0 Å². The molecule has 0 spiro atoms. The van der Waals surface area contributed by atoms with Gasteiger partial charge in [0, 0.05) is 12.6 Å². The first kappa shape index (κ1) is 16.6. The molecule has 0 saturated heterocycles. The highest BCUT2D eigenvalue weighted by Crippen LogP contribution is 2.33. The molecule has 0 atom stereocenters. The van der Waals surface area contributed by atoms with Gasteiger partial charge >= 0.3 is 7.60 Å². The van der Waals surface area contributed by atoms with Crippen LogP contribution in [0, 0.1) is 0 Å². The summed E-state index contributed by atoms with van der Waals surface area (Å²) in [5, 5.41) is 0. The minimum Gasteiger partial charge on any atom is -0.369 e. The summed E-state index contributed by atoms with van der Waals surface area (Å²) in [7, 11) is -4.19. The Hall–Kier alpha value is -1.74. The van der Waals surface area contributed by atoms with Crippen molar-refractivity contribution in [2.24, 2.45) is 0 Å². The van der Waals surface area contributed by atoms with Gasteiger partial charge in [-0.05, 0) is 13.8 Å². The number of ether oxygens (including phenoxy) is 1. The van der Waals surface area contributed by atoms with Crippen LogP contribution in [0.2, 0.25) is 0 Å². The van der Waals surface area contributed by atoms with Crippen molar-refractivity contribution in [2.75, 3.05) is 18.7 Å². The molecule has 0 aliphatic heterocycles. The first-order chi connectivity index (χ1) is 10.2. The molecule has 0 amide bonds. The highest BCUT2D eigenvalue weighted by molar-refractivity contribution is 7.51. The van der Waals surface area contributed by atoms with Crippen molar-refractivity contribution in [3.05, 3.63) is 16.7 Å². The van der Waals surface area contributed by atoms with E-state index in [0.29, 0.717) is 5.65 Å². The Kier molecular flexibility index (Phi) is 4.66. The maximum Gasteiger partial charge on any atom is 0.350 e. The van der Waals surface area contributed by atoms with Crippen LogP contribution in [0.4, 0.5) is 5.95 Å². The van der Waals surface area contributed by atoms with Crippen LogP contribution in [0.15, 0.2) is 11.1 Å². The van der Waals surface area contributed by atoms with Crippen molar-refractivity contribution < 1.29 is 19.1 Å². The molecule has 4 N–H and O–H groups in total. The summed E-state index contributed by atoms with van der Waals surface area (Å²) in [6, 6.07) is -0.138. The van der Waals surface area contributed by atoms with E-state index in [1.807, 2.05) is 13.8 Å². The van der Waals surface area contributed by atoms with E-state index in [4.69, 9.17) is 20.3 Å². The number of aromatic nitrogens is 4. The van der Waals surface area contributed by atoms with Crippen molar-refractivity contribution in [3.63, 3.8) is 0 Å². The Morgan fingerprint density at radius 3 is 2.73 bits per heavy atom. The molecule has 0 saturated carbocycles. The zero-order valence-electron chi connectivity index (χ0n) is 12.2. The van der Waals surface area contributed by atoms with Crippen LogP contribution >= 0.6 is 7.60 Å². The van der Waals surface area contributed by atoms with Crippen LogP contribution in [0.1, 0.15) is 19.9 Å². The first-order valence-corrected chi connectivity index (χ1v) is 8.35. The van der Waals surface area contributed by atoms with Crippen molar-refractivity contribution in [1.29, 1.82) is 0 Å².